The molecule has 0 aliphatic heterocycles. The van der Waals surface area contributed by atoms with Crippen LogP contribution < -0.4 is 10.5 Å². The molecule has 1 aromatic rings. The minimum atomic E-state index is -4.44. The van der Waals surface area contributed by atoms with Crippen LogP contribution in [0.3, 0.4) is 0 Å². The van der Waals surface area contributed by atoms with Crippen molar-refractivity contribution in [1.29, 1.82) is 0 Å². The van der Waals surface area contributed by atoms with Crippen LogP contribution in [0.15, 0.2) is 23.4 Å². The molecule has 0 unspecified atom stereocenters. The van der Waals surface area contributed by atoms with E-state index in [4.69, 9.17) is 22.5 Å². The molecule has 0 bridgehead atoms. The molecule has 0 fully saturated rings. The van der Waals surface area contributed by atoms with Crippen LogP contribution in [0.1, 0.15) is 5.56 Å². The van der Waals surface area contributed by atoms with E-state index in [9.17, 15) is 13.2 Å². The first kappa shape index (κ1) is 13.4. The first-order chi connectivity index (χ1) is 7.83. The topological polar surface area (TPSA) is 67.8 Å². The van der Waals surface area contributed by atoms with Gasteiger partial charge in [-0.3, -0.25) is 0 Å². The monoisotopic (exact) mass is 268 g/mol. The molecule has 0 spiro atoms. The molecule has 0 aliphatic rings. The highest BCUT2D eigenvalue weighted by Crippen LogP contribution is 2.27. The Bertz CT molecular complexity index is 435. The summed E-state index contributed by atoms with van der Waals surface area (Å²) in [6.07, 6.45) is -4.44. The van der Waals surface area contributed by atoms with E-state index >= 15 is 0 Å². The molecule has 0 saturated heterocycles. The van der Waals surface area contributed by atoms with E-state index in [0.717, 1.165) is 0 Å². The van der Waals surface area contributed by atoms with Crippen molar-refractivity contribution < 1.29 is 23.1 Å². The van der Waals surface area contributed by atoms with Crippen molar-refractivity contribution in [2.75, 3.05) is 6.61 Å². The van der Waals surface area contributed by atoms with Gasteiger partial charge in [0.05, 0.1) is 5.02 Å². The Hall–Kier alpha value is -1.63. The molecule has 0 amide bonds. The smallest absolute Gasteiger partial charge is 0.422 e. The largest absolute Gasteiger partial charge is 0.483 e. The minimum absolute atomic E-state index is 0.0571. The van der Waals surface area contributed by atoms with Crippen molar-refractivity contribution in [3.8, 4) is 5.75 Å². The second kappa shape index (κ2) is 5.13. The average Bonchev–Trinajstić information content (AvgIpc) is 2.25. The van der Waals surface area contributed by atoms with E-state index in [1.165, 1.54) is 18.2 Å². The summed E-state index contributed by atoms with van der Waals surface area (Å²) in [4.78, 5) is 0. The SMILES string of the molecule is NC(=NO)c1ccc(OCC(F)(F)F)c(Cl)c1. The number of halogens is 4. The Kier molecular flexibility index (Phi) is 4.06. The molecule has 8 heteroatoms. The van der Waals surface area contributed by atoms with Gasteiger partial charge < -0.3 is 15.7 Å². The quantitative estimate of drug-likeness (QED) is 0.383. The summed E-state index contributed by atoms with van der Waals surface area (Å²) >= 11 is 5.67. The third-order valence-electron chi connectivity index (χ3n) is 1.73. The number of rotatable bonds is 3. The Balaban J connectivity index is 2.84. The van der Waals surface area contributed by atoms with Gasteiger partial charge in [-0.1, -0.05) is 16.8 Å². The molecule has 0 saturated carbocycles. The number of hydrogen-bond donors (Lipinski definition) is 2. The van der Waals surface area contributed by atoms with Crippen LogP contribution in [0.2, 0.25) is 5.02 Å². The summed E-state index contributed by atoms with van der Waals surface area (Å²) in [6, 6.07) is 3.77. The van der Waals surface area contributed by atoms with Gasteiger partial charge in [-0.25, -0.2) is 0 Å². The van der Waals surface area contributed by atoms with Crippen LogP contribution in [0, 0.1) is 0 Å². The van der Waals surface area contributed by atoms with E-state index in [2.05, 4.69) is 9.89 Å². The minimum Gasteiger partial charge on any atom is -0.483 e. The van der Waals surface area contributed by atoms with Crippen molar-refractivity contribution in [3.05, 3.63) is 28.8 Å². The van der Waals surface area contributed by atoms with Crippen molar-refractivity contribution in [2.45, 2.75) is 6.18 Å². The van der Waals surface area contributed by atoms with Gasteiger partial charge in [-0.15, -0.1) is 0 Å². The van der Waals surface area contributed by atoms with E-state index in [0.29, 0.717) is 0 Å². The summed E-state index contributed by atoms with van der Waals surface area (Å²) in [6.45, 7) is -1.43. The van der Waals surface area contributed by atoms with Crippen LogP contribution in [-0.4, -0.2) is 23.8 Å². The lowest BCUT2D eigenvalue weighted by Gasteiger charge is -2.11. The average molecular weight is 269 g/mol. The van der Waals surface area contributed by atoms with Gasteiger partial charge in [-0.2, -0.15) is 13.2 Å². The van der Waals surface area contributed by atoms with Crippen LogP contribution in [0.5, 0.6) is 5.75 Å². The summed E-state index contributed by atoms with van der Waals surface area (Å²) in [5, 5.41) is 11.1. The normalized spacial score (nSPS) is 12.6. The third-order valence-corrected chi connectivity index (χ3v) is 2.02. The van der Waals surface area contributed by atoms with Crippen LogP contribution in [-0.2, 0) is 0 Å². The Morgan fingerprint density at radius 1 is 1.47 bits per heavy atom. The number of amidine groups is 1. The molecule has 0 aromatic heterocycles. The second-order valence-corrected chi connectivity index (χ2v) is 3.44. The Morgan fingerprint density at radius 3 is 2.59 bits per heavy atom. The molecule has 0 heterocycles. The number of ether oxygens (including phenoxy) is 1. The molecular formula is C9H8ClF3N2O2. The van der Waals surface area contributed by atoms with Gasteiger partial charge >= 0.3 is 6.18 Å². The summed E-state index contributed by atoms with van der Waals surface area (Å²) in [7, 11) is 0. The van der Waals surface area contributed by atoms with Crippen molar-refractivity contribution in [1.82, 2.24) is 0 Å². The van der Waals surface area contributed by atoms with Crippen molar-refractivity contribution in [2.24, 2.45) is 10.9 Å². The van der Waals surface area contributed by atoms with Gasteiger partial charge in [0.25, 0.3) is 0 Å². The maximum absolute atomic E-state index is 11.9. The molecule has 94 valence electrons. The number of alkyl halides is 3. The summed E-state index contributed by atoms with van der Waals surface area (Å²) in [5.74, 6) is -0.326. The first-order valence-electron chi connectivity index (χ1n) is 4.30. The molecule has 1 aromatic carbocycles. The number of hydrogen-bond acceptors (Lipinski definition) is 3. The highest BCUT2D eigenvalue weighted by Gasteiger charge is 2.28. The number of oxime groups is 1. The van der Waals surface area contributed by atoms with E-state index in [-0.39, 0.29) is 22.2 Å². The molecule has 0 radical (unpaired) electrons. The van der Waals surface area contributed by atoms with Crippen molar-refractivity contribution in [3.63, 3.8) is 0 Å². The van der Waals surface area contributed by atoms with Gasteiger partial charge in [0.15, 0.2) is 12.4 Å². The first-order valence-corrected chi connectivity index (χ1v) is 4.68. The van der Waals surface area contributed by atoms with E-state index < -0.39 is 12.8 Å². The molecule has 17 heavy (non-hydrogen) atoms. The lowest BCUT2D eigenvalue weighted by molar-refractivity contribution is -0.153. The molecule has 0 aliphatic carbocycles. The van der Waals surface area contributed by atoms with Crippen LogP contribution in [0.4, 0.5) is 13.2 Å². The molecule has 4 nitrogen and oxygen atoms in total. The number of nitrogens with two attached hydrogens (primary N) is 1. The van der Waals surface area contributed by atoms with Crippen LogP contribution in [0.25, 0.3) is 0 Å². The summed E-state index contributed by atoms with van der Waals surface area (Å²) < 4.78 is 40.2. The zero-order valence-corrected chi connectivity index (χ0v) is 9.09. The standard InChI is InChI=1S/C9H8ClF3N2O2/c10-6-3-5(8(14)15-16)1-2-7(6)17-4-9(11,12)13/h1-3,16H,4H2,(H2,14,15). The zero-order chi connectivity index (χ0) is 13.1. The van der Waals surface area contributed by atoms with E-state index in [1.807, 2.05) is 0 Å². The zero-order valence-electron chi connectivity index (χ0n) is 8.33. The fourth-order valence-electron chi connectivity index (χ4n) is 0.995. The van der Waals surface area contributed by atoms with E-state index in [1.54, 1.807) is 0 Å². The highest BCUT2D eigenvalue weighted by atomic mass is 35.5. The second-order valence-electron chi connectivity index (χ2n) is 3.03. The third kappa shape index (κ3) is 4.03. The fourth-order valence-corrected chi connectivity index (χ4v) is 1.23. The van der Waals surface area contributed by atoms with Gasteiger partial charge in [0.2, 0.25) is 0 Å². The number of nitrogens with zero attached hydrogens (tertiary/aromatic N) is 1. The molecular weight excluding hydrogens is 261 g/mol. The predicted molar refractivity (Wildman–Crippen MR) is 55.5 cm³/mol. The van der Waals surface area contributed by atoms with Gasteiger partial charge in [0.1, 0.15) is 5.75 Å². The van der Waals surface area contributed by atoms with Gasteiger partial charge in [0, 0.05) is 5.56 Å². The van der Waals surface area contributed by atoms with Crippen molar-refractivity contribution >= 4 is 17.4 Å². The fraction of sp³-hybridized carbons (Fsp3) is 0.222. The summed E-state index contributed by atoms with van der Waals surface area (Å²) in [5.41, 5.74) is 5.55. The molecule has 0 atom stereocenters. The predicted octanol–water partition coefficient (Wildman–Crippen LogP) is 2.38. The highest BCUT2D eigenvalue weighted by molar-refractivity contribution is 6.32. The lowest BCUT2D eigenvalue weighted by Crippen LogP contribution is -2.19. The molecule has 3 N–H and O–H groups in total. The van der Waals surface area contributed by atoms with Crippen LogP contribution >= 0.6 is 11.6 Å². The van der Waals surface area contributed by atoms with Gasteiger partial charge in [-0.05, 0) is 18.2 Å². The lowest BCUT2D eigenvalue weighted by atomic mass is 10.2. The maximum Gasteiger partial charge on any atom is 0.422 e. The molecule has 1 rings (SSSR count). The number of benzene rings is 1. The maximum atomic E-state index is 11.9. The Morgan fingerprint density at radius 2 is 2.12 bits per heavy atom. The Labute approximate surface area is 99.4 Å².